The van der Waals surface area contributed by atoms with Gasteiger partial charge in [-0.1, -0.05) is 0 Å². The van der Waals surface area contributed by atoms with E-state index in [-0.39, 0.29) is 24.4 Å². The van der Waals surface area contributed by atoms with Gasteiger partial charge in [-0.3, -0.25) is 4.79 Å². The van der Waals surface area contributed by atoms with Gasteiger partial charge in [-0.2, -0.15) is 0 Å². The Hall–Kier alpha value is -1.56. The molecule has 1 aromatic heterocycles. The highest BCUT2D eigenvalue weighted by atomic mass is 16.6. The molecule has 1 atom stereocenters. The average molecular weight is 227 g/mol. The lowest BCUT2D eigenvalue weighted by Crippen LogP contribution is -2.32. The fourth-order valence-electron chi connectivity index (χ4n) is 1.63. The zero-order valence-electron chi connectivity index (χ0n) is 8.95. The predicted octanol–water partition coefficient (Wildman–Crippen LogP) is 0.336. The minimum absolute atomic E-state index is 0.0609. The molecule has 6 heteroatoms. The van der Waals surface area contributed by atoms with Gasteiger partial charge in [-0.05, 0) is 26.3 Å². The first-order chi connectivity index (χ1) is 7.66. The van der Waals surface area contributed by atoms with Crippen molar-refractivity contribution in [3.63, 3.8) is 0 Å². The van der Waals surface area contributed by atoms with Crippen molar-refractivity contribution < 1.29 is 18.4 Å². The zero-order chi connectivity index (χ0) is 11.5. The summed E-state index contributed by atoms with van der Waals surface area (Å²) in [5.41, 5.74) is 0. The normalized spacial score (nSPS) is 19.9. The van der Waals surface area contributed by atoms with Crippen molar-refractivity contribution in [2.45, 2.75) is 32.4 Å². The molecule has 0 radical (unpaired) electrons. The standard InChI is InChI=1S/C10H13NO5/c1-6-8(16-10(13)15-6)5-14-9(12)7-3-2-4-11-7/h7,11H,2-5H2,1H3/t7-/m0/s1. The number of hydrogen-bond donors (Lipinski definition) is 1. The third kappa shape index (κ3) is 2.33. The Bertz CT molecular complexity index is 427. The molecule has 1 aliphatic rings. The molecule has 2 rings (SSSR count). The summed E-state index contributed by atoms with van der Waals surface area (Å²) in [6.45, 7) is 2.36. The van der Waals surface area contributed by atoms with Crippen LogP contribution in [0.3, 0.4) is 0 Å². The van der Waals surface area contributed by atoms with E-state index in [0.29, 0.717) is 5.76 Å². The third-order valence-electron chi connectivity index (χ3n) is 2.53. The molecule has 0 spiro atoms. The Kier molecular flexibility index (Phi) is 3.09. The van der Waals surface area contributed by atoms with Gasteiger partial charge in [0.25, 0.3) is 0 Å². The molecular weight excluding hydrogens is 214 g/mol. The molecule has 88 valence electrons. The van der Waals surface area contributed by atoms with Gasteiger partial charge < -0.3 is 18.9 Å². The summed E-state index contributed by atoms with van der Waals surface area (Å²) in [7, 11) is 0. The van der Waals surface area contributed by atoms with Crippen molar-refractivity contribution in [1.29, 1.82) is 0 Å². The molecule has 1 saturated heterocycles. The Morgan fingerprint density at radius 1 is 1.56 bits per heavy atom. The van der Waals surface area contributed by atoms with Crippen molar-refractivity contribution in [2.24, 2.45) is 0 Å². The number of aryl methyl sites for hydroxylation is 1. The van der Waals surface area contributed by atoms with Crippen LogP contribution in [-0.4, -0.2) is 18.6 Å². The fourth-order valence-corrected chi connectivity index (χ4v) is 1.63. The van der Waals surface area contributed by atoms with Crippen LogP contribution in [0.1, 0.15) is 24.4 Å². The summed E-state index contributed by atoms with van der Waals surface area (Å²) >= 11 is 0. The molecule has 0 aliphatic carbocycles. The van der Waals surface area contributed by atoms with Crippen LogP contribution in [-0.2, 0) is 16.1 Å². The summed E-state index contributed by atoms with van der Waals surface area (Å²) < 4.78 is 14.4. The predicted molar refractivity (Wildman–Crippen MR) is 52.8 cm³/mol. The van der Waals surface area contributed by atoms with Gasteiger partial charge in [-0.15, -0.1) is 0 Å². The number of hydrogen-bond acceptors (Lipinski definition) is 6. The average Bonchev–Trinajstić information content (AvgIpc) is 2.84. The summed E-state index contributed by atoms with van der Waals surface area (Å²) in [4.78, 5) is 22.2. The maximum atomic E-state index is 11.5. The number of rotatable bonds is 3. The number of ether oxygens (including phenoxy) is 1. The van der Waals surface area contributed by atoms with E-state index in [0.717, 1.165) is 19.4 Å². The van der Waals surface area contributed by atoms with E-state index < -0.39 is 5.82 Å². The molecule has 0 amide bonds. The van der Waals surface area contributed by atoms with Crippen LogP contribution in [0.25, 0.3) is 0 Å². The van der Waals surface area contributed by atoms with Gasteiger partial charge in [-0.25, -0.2) is 4.79 Å². The highest BCUT2D eigenvalue weighted by Gasteiger charge is 2.24. The van der Waals surface area contributed by atoms with Crippen molar-refractivity contribution in [3.8, 4) is 0 Å². The maximum Gasteiger partial charge on any atom is 0.519 e. The van der Waals surface area contributed by atoms with Gasteiger partial charge >= 0.3 is 11.8 Å². The number of esters is 1. The van der Waals surface area contributed by atoms with Crippen molar-refractivity contribution in [2.75, 3.05) is 6.54 Å². The smallest absolute Gasteiger partial charge is 0.456 e. The minimum atomic E-state index is -0.775. The summed E-state index contributed by atoms with van der Waals surface area (Å²) in [5, 5.41) is 3.02. The Morgan fingerprint density at radius 3 is 2.94 bits per heavy atom. The highest BCUT2D eigenvalue weighted by Crippen LogP contribution is 2.10. The van der Waals surface area contributed by atoms with Crippen molar-refractivity contribution in [3.05, 3.63) is 22.1 Å². The first-order valence-corrected chi connectivity index (χ1v) is 5.16. The number of nitrogens with one attached hydrogen (secondary N) is 1. The van der Waals surface area contributed by atoms with Crippen LogP contribution in [0.5, 0.6) is 0 Å². The lowest BCUT2D eigenvalue weighted by molar-refractivity contribution is -0.147. The summed E-state index contributed by atoms with van der Waals surface area (Å²) in [5.74, 6) is -0.489. The van der Waals surface area contributed by atoms with Crippen LogP contribution in [0.4, 0.5) is 0 Å². The molecule has 2 heterocycles. The third-order valence-corrected chi connectivity index (χ3v) is 2.53. The molecule has 0 unspecified atom stereocenters. The maximum absolute atomic E-state index is 11.5. The fraction of sp³-hybridized carbons (Fsp3) is 0.600. The molecule has 1 fully saturated rings. The van der Waals surface area contributed by atoms with Crippen LogP contribution >= 0.6 is 0 Å². The summed E-state index contributed by atoms with van der Waals surface area (Å²) in [6, 6.07) is -0.237. The Labute approximate surface area is 91.6 Å². The zero-order valence-corrected chi connectivity index (χ0v) is 8.95. The molecular formula is C10H13NO5. The monoisotopic (exact) mass is 227 g/mol. The van der Waals surface area contributed by atoms with E-state index in [4.69, 9.17) is 9.15 Å². The largest absolute Gasteiger partial charge is 0.519 e. The number of carbonyl (C=O) groups excluding carboxylic acids is 1. The molecule has 16 heavy (non-hydrogen) atoms. The first-order valence-electron chi connectivity index (χ1n) is 5.16. The molecule has 6 nitrogen and oxygen atoms in total. The lowest BCUT2D eigenvalue weighted by atomic mass is 10.2. The Morgan fingerprint density at radius 2 is 2.38 bits per heavy atom. The van der Waals surface area contributed by atoms with E-state index in [1.165, 1.54) is 0 Å². The first kappa shape index (κ1) is 10.9. The van der Waals surface area contributed by atoms with Crippen LogP contribution in [0.2, 0.25) is 0 Å². The quantitative estimate of drug-likeness (QED) is 0.750. The molecule has 0 saturated carbocycles. The molecule has 0 aromatic carbocycles. The summed E-state index contributed by atoms with van der Waals surface area (Å²) in [6.07, 6.45) is 1.76. The van der Waals surface area contributed by atoms with Gasteiger partial charge in [0.2, 0.25) is 0 Å². The second-order valence-electron chi connectivity index (χ2n) is 3.69. The minimum Gasteiger partial charge on any atom is -0.456 e. The molecule has 1 N–H and O–H groups in total. The van der Waals surface area contributed by atoms with Crippen molar-refractivity contribution >= 4 is 5.97 Å². The second kappa shape index (κ2) is 4.52. The van der Waals surface area contributed by atoms with E-state index in [1.54, 1.807) is 6.92 Å². The highest BCUT2D eigenvalue weighted by molar-refractivity contribution is 5.76. The van der Waals surface area contributed by atoms with Gasteiger partial charge in [0, 0.05) is 0 Å². The van der Waals surface area contributed by atoms with E-state index in [2.05, 4.69) is 9.73 Å². The van der Waals surface area contributed by atoms with Gasteiger partial charge in [0.05, 0.1) is 0 Å². The van der Waals surface area contributed by atoms with Crippen LogP contribution in [0.15, 0.2) is 13.6 Å². The van der Waals surface area contributed by atoms with Gasteiger partial charge in [0.15, 0.2) is 18.1 Å². The van der Waals surface area contributed by atoms with E-state index in [9.17, 15) is 9.59 Å². The lowest BCUT2D eigenvalue weighted by Gasteiger charge is -2.08. The molecule has 1 aromatic rings. The topological polar surface area (TPSA) is 81.7 Å². The Balaban J connectivity index is 1.89. The van der Waals surface area contributed by atoms with Gasteiger partial charge in [0.1, 0.15) is 6.04 Å². The molecule has 1 aliphatic heterocycles. The number of carbonyl (C=O) groups is 1. The SMILES string of the molecule is Cc1oc(=O)oc1COC(=O)[C@@H]1CCCN1. The van der Waals surface area contributed by atoms with E-state index >= 15 is 0 Å². The molecule has 0 bridgehead atoms. The second-order valence-corrected chi connectivity index (χ2v) is 3.69. The van der Waals surface area contributed by atoms with Crippen LogP contribution in [0, 0.1) is 6.92 Å². The van der Waals surface area contributed by atoms with Crippen molar-refractivity contribution in [1.82, 2.24) is 5.32 Å². The van der Waals surface area contributed by atoms with E-state index in [1.807, 2.05) is 0 Å². The van der Waals surface area contributed by atoms with Crippen LogP contribution < -0.4 is 11.1 Å².